The van der Waals surface area contributed by atoms with E-state index in [0.29, 0.717) is 6.42 Å². The Kier molecular flexibility index (Phi) is 5.23. The van der Waals surface area contributed by atoms with Crippen LogP contribution >= 0.6 is 0 Å². The largest absolute Gasteiger partial charge is 0.481 e. The summed E-state index contributed by atoms with van der Waals surface area (Å²) in [5.41, 5.74) is -0.457. The quantitative estimate of drug-likeness (QED) is 0.621. The van der Waals surface area contributed by atoms with E-state index in [4.69, 9.17) is 0 Å². The van der Waals surface area contributed by atoms with Gasteiger partial charge in [0.1, 0.15) is 0 Å². The molecule has 0 radical (unpaired) electrons. The molecule has 1 unspecified atom stereocenters. The lowest BCUT2D eigenvalue weighted by molar-refractivity contribution is -0.385. The maximum Gasteiger partial charge on any atom is 0.308 e. The standard InChI is InChI=1S/C14H19FN2O4/c1-14(2,3)7-9(13(18)19)8-16-12-5-4-10(17(20)21)6-11(12)15/h4-6,9,16H,7-8H2,1-3H3,(H,18,19). The zero-order valence-corrected chi connectivity index (χ0v) is 12.2. The Hall–Kier alpha value is -2.18. The minimum atomic E-state index is -0.959. The third-order valence-electron chi connectivity index (χ3n) is 2.91. The first-order valence-corrected chi connectivity index (χ1v) is 6.51. The molecule has 21 heavy (non-hydrogen) atoms. The molecule has 1 atom stereocenters. The van der Waals surface area contributed by atoms with E-state index in [1.807, 2.05) is 20.8 Å². The van der Waals surface area contributed by atoms with E-state index < -0.39 is 22.6 Å². The van der Waals surface area contributed by atoms with E-state index in [9.17, 15) is 24.4 Å². The van der Waals surface area contributed by atoms with Crippen LogP contribution in [0.5, 0.6) is 0 Å². The van der Waals surface area contributed by atoms with E-state index in [2.05, 4.69) is 5.32 Å². The van der Waals surface area contributed by atoms with Crippen molar-refractivity contribution in [3.05, 3.63) is 34.1 Å². The van der Waals surface area contributed by atoms with Crippen LogP contribution in [0.3, 0.4) is 0 Å². The monoisotopic (exact) mass is 298 g/mol. The molecule has 0 aliphatic carbocycles. The van der Waals surface area contributed by atoms with Gasteiger partial charge < -0.3 is 10.4 Å². The van der Waals surface area contributed by atoms with Crippen molar-refractivity contribution in [3.8, 4) is 0 Å². The molecule has 1 aromatic rings. The Morgan fingerprint density at radius 2 is 2.10 bits per heavy atom. The summed E-state index contributed by atoms with van der Waals surface area (Å²) in [6, 6.07) is 3.22. The Bertz CT molecular complexity index is 540. The third kappa shape index (κ3) is 5.37. The number of nitrogens with one attached hydrogen (secondary N) is 1. The number of benzene rings is 1. The summed E-state index contributed by atoms with van der Waals surface area (Å²) in [4.78, 5) is 21.0. The molecule has 0 heterocycles. The van der Waals surface area contributed by atoms with Crippen LogP contribution in [-0.4, -0.2) is 22.5 Å². The Balaban J connectivity index is 2.77. The second-order valence-electron chi connectivity index (χ2n) is 6.10. The van der Waals surface area contributed by atoms with Gasteiger partial charge >= 0.3 is 5.97 Å². The fourth-order valence-corrected chi connectivity index (χ4v) is 1.98. The van der Waals surface area contributed by atoms with Crippen molar-refractivity contribution < 1.29 is 19.2 Å². The lowest BCUT2D eigenvalue weighted by Crippen LogP contribution is -2.27. The topological polar surface area (TPSA) is 92.5 Å². The fourth-order valence-electron chi connectivity index (χ4n) is 1.98. The van der Waals surface area contributed by atoms with Crippen LogP contribution in [0, 0.1) is 27.3 Å². The number of carboxylic acids is 1. The summed E-state index contributed by atoms with van der Waals surface area (Å²) < 4.78 is 13.7. The average molecular weight is 298 g/mol. The molecular weight excluding hydrogens is 279 g/mol. The average Bonchev–Trinajstić information content (AvgIpc) is 2.33. The van der Waals surface area contributed by atoms with Gasteiger partial charge in [-0.15, -0.1) is 0 Å². The van der Waals surface area contributed by atoms with E-state index in [1.54, 1.807) is 0 Å². The number of nitro benzene ring substituents is 1. The van der Waals surface area contributed by atoms with E-state index in [1.165, 1.54) is 12.1 Å². The summed E-state index contributed by atoms with van der Waals surface area (Å²) in [6.45, 7) is 5.83. The molecule has 0 saturated carbocycles. The molecule has 2 N–H and O–H groups in total. The van der Waals surface area contributed by atoms with Gasteiger partial charge in [-0.05, 0) is 17.9 Å². The molecule has 0 aliphatic heterocycles. The van der Waals surface area contributed by atoms with Gasteiger partial charge in [-0.3, -0.25) is 14.9 Å². The fraction of sp³-hybridized carbons (Fsp3) is 0.500. The van der Waals surface area contributed by atoms with Crippen LogP contribution in [0.25, 0.3) is 0 Å². The summed E-state index contributed by atoms with van der Waals surface area (Å²) >= 11 is 0. The van der Waals surface area contributed by atoms with Crippen molar-refractivity contribution >= 4 is 17.3 Å². The van der Waals surface area contributed by atoms with Crippen LogP contribution in [0.1, 0.15) is 27.2 Å². The number of carbonyl (C=O) groups is 1. The number of hydrogen-bond acceptors (Lipinski definition) is 4. The van der Waals surface area contributed by atoms with E-state index in [0.717, 1.165) is 6.07 Å². The Morgan fingerprint density at radius 3 is 2.52 bits per heavy atom. The molecule has 0 saturated heterocycles. The van der Waals surface area contributed by atoms with Crippen LogP contribution in [0.4, 0.5) is 15.8 Å². The highest BCUT2D eigenvalue weighted by atomic mass is 19.1. The van der Waals surface area contributed by atoms with Crippen molar-refractivity contribution in [3.63, 3.8) is 0 Å². The predicted molar refractivity (Wildman–Crippen MR) is 76.7 cm³/mol. The summed E-state index contributed by atoms with van der Waals surface area (Å²) in [6.07, 6.45) is 0.434. The smallest absolute Gasteiger partial charge is 0.308 e. The number of nitrogens with zero attached hydrogens (tertiary/aromatic N) is 1. The normalized spacial score (nSPS) is 12.8. The molecule has 7 heteroatoms. The molecule has 116 valence electrons. The minimum absolute atomic E-state index is 0.0563. The number of hydrogen-bond donors (Lipinski definition) is 2. The van der Waals surface area contributed by atoms with Crippen molar-refractivity contribution in [1.82, 2.24) is 0 Å². The molecule has 0 fully saturated rings. The van der Waals surface area contributed by atoms with Gasteiger partial charge in [0.05, 0.1) is 22.6 Å². The number of halogens is 1. The van der Waals surface area contributed by atoms with Crippen molar-refractivity contribution in [2.75, 3.05) is 11.9 Å². The van der Waals surface area contributed by atoms with Gasteiger partial charge in [0.25, 0.3) is 5.69 Å². The van der Waals surface area contributed by atoms with Crippen LogP contribution in [0.2, 0.25) is 0 Å². The number of non-ortho nitro benzene ring substituents is 1. The molecule has 1 aromatic carbocycles. The predicted octanol–water partition coefficient (Wildman–Crippen LogP) is 3.28. The van der Waals surface area contributed by atoms with Crippen molar-refractivity contribution in [2.45, 2.75) is 27.2 Å². The van der Waals surface area contributed by atoms with Gasteiger partial charge in [-0.1, -0.05) is 20.8 Å². The molecule has 0 spiro atoms. The van der Waals surface area contributed by atoms with Crippen molar-refractivity contribution in [2.24, 2.45) is 11.3 Å². The number of anilines is 1. The van der Waals surface area contributed by atoms with E-state index >= 15 is 0 Å². The minimum Gasteiger partial charge on any atom is -0.481 e. The first-order chi connectivity index (χ1) is 9.60. The molecule has 0 amide bonds. The lowest BCUT2D eigenvalue weighted by Gasteiger charge is -2.23. The van der Waals surface area contributed by atoms with Crippen LogP contribution in [-0.2, 0) is 4.79 Å². The highest BCUT2D eigenvalue weighted by Crippen LogP contribution is 2.26. The van der Waals surface area contributed by atoms with Crippen LogP contribution in [0.15, 0.2) is 18.2 Å². The van der Waals surface area contributed by atoms with Gasteiger partial charge in [-0.25, -0.2) is 4.39 Å². The number of rotatable bonds is 6. The Morgan fingerprint density at radius 1 is 1.48 bits per heavy atom. The van der Waals surface area contributed by atoms with Gasteiger partial charge in [0.2, 0.25) is 0 Å². The zero-order chi connectivity index (χ0) is 16.2. The summed E-state index contributed by atoms with van der Waals surface area (Å²) in [5, 5.41) is 22.4. The molecule has 0 aromatic heterocycles. The maximum atomic E-state index is 13.7. The highest BCUT2D eigenvalue weighted by molar-refractivity contribution is 5.71. The summed E-state index contributed by atoms with van der Waals surface area (Å²) in [5.74, 6) is -2.40. The summed E-state index contributed by atoms with van der Waals surface area (Å²) in [7, 11) is 0. The molecule has 1 rings (SSSR count). The van der Waals surface area contributed by atoms with Gasteiger partial charge in [0.15, 0.2) is 5.82 Å². The first kappa shape index (κ1) is 16.9. The SMILES string of the molecule is CC(C)(C)CC(CNc1ccc([N+](=O)[O-])cc1F)C(=O)O. The number of aliphatic carboxylic acids is 1. The second-order valence-corrected chi connectivity index (χ2v) is 6.10. The highest BCUT2D eigenvalue weighted by Gasteiger charge is 2.24. The van der Waals surface area contributed by atoms with Gasteiger partial charge in [-0.2, -0.15) is 0 Å². The first-order valence-electron chi connectivity index (χ1n) is 6.51. The second kappa shape index (κ2) is 6.51. The zero-order valence-electron chi connectivity index (χ0n) is 12.2. The Labute approximate surface area is 122 Å². The molecular formula is C14H19FN2O4. The molecule has 0 aliphatic rings. The molecule has 6 nitrogen and oxygen atoms in total. The maximum absolute atomic E-state index is 13.7. The van der Waals surface area contributed by atoms with Gasteiger partial charge in [0, 0.05) is 12.6 Å². The number of carboxylic acid groups (broad SMARTS) is 1. The van der Waals surface area contributed by atoms with Crippen molar-refractivity contribution in [1.29, 1.82) is 0 Å². The third-order valence-corrected chi connectivity index (χ3v) is 2.91. The lowest BCUT2D eigenvalue weighted by atomic mass is 9.84. The van der Waals surface area contributed by atoms with Crippen LogP contribution < -0.4 is 5.32 Å². The molecule has 0 bridgehead atoms. The number of nitro groups is 1. The van der Waals surface area contributed by atoms with E-state index in [-0.39, 0.29) is 23.3 Å².